The van der Waals surface area contributed by atoms with E-state index in [9.17, 15) is 9.82 Å². The third kappa shape index (κ3) is 3.42. The smallest absolute Gasteiger partial charge is 0.423 e. The van der Waals surface area contributed by atoms with Crippen molar-refractivity contribution in [3.8, 4) is 0 Å². The molecule has 1 heterocycles. The van der Waals surface area contributed by atoms with Crippen molar-refractivity contribution < 1.29 is 19.6 Å². The van der Waals surface area contributed by atoms with Crippen molar-refractivity contribution in [2.75, 3.05) is 13.2 Å². The molecule has 0 amide bonds. The van der Waals surface area contributed by atoms with Crippen LogP contribution < -0.4 is 4.78 Å². The molecule has 0 aliphatic heterocycles. The lowest BCUT2D eigenvalue weighted by molar-refractivity contribution is 0.112. The summed E-state index contributed by atoms with van der Waals surface area (Å²) in [6.07, 6.45) is 1.26. The van der Waals surface area contributed by atoms with Crippen LogP contribution in [0.25, 0.3) is 0 Å². The highest BCUT2D eigenvalue weighted by Gasteiger charge is 2.20. The van der Waals surface area contributed by atoms with Gasteiger partial charge in [-0.05, 0) is 25.0 Å². The van der Waals surface area contributed by atoms with Gasteiger partial charge in [0.05, 0.1) is 4.88 Å². The first-order valence-electron chi connectivity index (χ1n) is 4.65. The fourth-order valence-corrected chi connectivity index (χ4v) is 2.03. The zero-order valence-electron chi connectivity index (χ0n) is 8.47. The second-order valence-electron chi connectivity index (χ2n) is 3.11. The Kier molecular flexibility index (Phi) is 4.97. The molecule has 0 aromatic carbocycles. The Labute approximate surface area is 92.7 Å². The molecule has 6 heteroatoms. The Morgan fingerprint density at radius 2 is 2.40 bits per heavy atom. The molecule has 0 atom stereocenters. The minimum Gasteiger partial charge on any atom is -0.423 e. The summed E-state index contributed by atoms with van der Waals surface area (Å²) in [5, 5.41) is 18.1. The Balaban J connectivity index is 2.57. The van der Waals surface area contributed by atoms with Gasteiger partial charge in [-0.15, -0.1) is 11.3 Å². The van der Waals surface area contributed by atoms with Gasteiger partial charge in [-0.1, -0.05) is 0 Å². The van der Waals surface area contributed by atoms with Crippen LogP contribution in [-0.2, 0) is 4.65 Å². The molecule has 1 aromatic heterocycles. The van der Waals surface area contributed by atoms with Gasteiger partial charge in [0.15, 0.2) is 6.29 Å². The van der Waals surface area contributed by atoms with Crippen LogP contribution in [-0.4, -0.2) is 36.7 Å². The van der Waals surface area contributed by atoms with Crippen molar-refractivity contribution in [1.29, 1.82) is 0 Å². The normalized spacial score (nSPS) is 10.3. The van der Waals surface area contributed by atoms with Crippen molar-refractivity contribution in [2.24, 2.45) is 0 Å². The third-order valence-electron chi connectivity index (χ3n) is 1.90. The van der Waals surface area contributed by atoms with Crippen molar-refractivity contribution in [3.63, 3.8) is 0 Å². The Morgan fingerprint density at radius 3 is 2.93 bits per heavy atom. The molecule has 1 rings (SSSR count). The van der Waals surface area contributed by atoms with Crippen molar-refractivity contribution >= 4 is 29.5 Å². The number of thiophene rings is 1. The average molecular weight is 228 g/mol. The van der Waals surface area contributed by atoms with Crippen LogP contribution in [0, 0.1) is 6.92 Å². The van der Waals surface area contributed by atoms with E-state index in [0.29, 0.717) is 22.7 Å². The maximum Gasteiger partial charge on any atom is 0.501 e. The summed E-state index contributed by atoms with van der Waals surface area (Å²) < 4.78 is 5.69. The summed E-state index contributed by atoms with van der Waals surface area (Å²) >= 11 is 1.22. The molecule has 0 aliphatic carbocycles. The molecule has 4 nitrogen and oxygen atoms in total. The molecule has 2 N–H and O–H groups in total. The number of aldehydes is 1. The van der Waals surface area contributed by atoms with Gasteiger partial charge in [-0.2, -0.15) is 0 Å². The van der Waals surface area contributed by atoms with Crippen LogP contribution in [0.2, 0.25) is 0 Å². The Bertz CT molecular complexity index is 326. The lowest BCUT2D eigenvalue weighted by atomic mass is 9.88. The number of carbonyl (C=O) groups excluding carboxylic acids is 1. The molecule has 15 heavy (non-hydrogen) atoms. The summed E-state index contributed by atoms with van der Waals surface area (Å²) in [6, 6.07) is 1.73. The molecule has 0 aliphatic rings. The number of rotatable bonds is 6. The fraction of sp³-hybridized carbons (Fsp3) is 0.444. The fourth-order valence-electron chi connectivity index (χ4n) is 1.10. The summed E-state index contributed by atoms with van der Waals surface area (Å²) in [6.45, 7) is 2.14. The van der Waals surface area contributed by atoms with Crippen LogP contribution in [0.15, 0.2) is 6.07 Å². The van der Waals surface area contributed by atoms with Gasteiger partial charge in [0.2, 0.25) is 0 Å². The molecular weight excluding hydrogens is 215 g/mol. The molecule has 0 fully saturated rings. The third-order valence-corrected chi connectivity index (χ3v) is 3.10. The highest BCUT2D eigenvalue weighted by Crippen LogP contribution is 2.11. The SMILES string of the molecule is Cc1cc(B(O)OCCCO)sc1C=O. The van der Waals surface area contributed by atoms with E-state index < -0.39 is 7.12 Å². The lowest BCUT2D eigenvalue weighted by Crippen LogP contribution is -2.31. The van der Waals surface area contributed by atoms with Crippen LogP contribution >= 0.6 is 11.3 Å². The van der Waals surface area contributed by atoms with Crippen molar-refractivity contribution in [1.82, 2.24) is 0 Å². The highest BCUT2D eigenvalue weighted by atomic mass is 32.1. The van der Waals surface area contributed by atoms with E-state index in [0.717, 1.165) is 11.8 Å². The summed E-state index contributed by atoms with van der Waals surface area (Å²) in [5.41, 5.74) is 0.842. The molecule has 82 valence electrons. The maximum atomic E-state index is 10.6. The minimum absolute atomic E-state index is 0.0375. The predicted octanol–water partition coefficient (Wildman–Crippen LogP) is -0.0445. The number of carbonyl (C=O) groups is 1. The molecule has 0 saturated carbocycles. The molecule has 0 unspecified atom stereocenters. The number of aliphatic hydroxyl groups excluding tert-OH is 1. The van der Waals surface area contributed by atoms with E-state index >= 15 is 0 Å². The average Bonchev–Trinajstić information content (AvgIpc) is 2.60. The number of hydrogen-bond acceptors (Lipinski definition) is 5. The van der Waals surface area contributed by atoms with E-state index in [1.807, 2.05) is 6.92 Å². The monoisotopic (exact) mass is 228 g/mol. The van der Waals surface area contributed by atoms with Crippen LogP contribution in [0.5, 0.6) is 0 Å². The van der Waals surface area contributed by atoms with E-state index in [-0.39, 0.29) is 6.61 Å². The van der Waals surface area contributed by atoms with Gasteiger partial charge >= 0.3 is 7.12 Å². The predicted molar refractivity (Wildman–Crippen MR) is 59.7 cm³/mol. The van der Waals surface area contributed by atoms with Crippen molar-refractivity contribution in [2.45, 2.75) is 13.3 Å². The second kappa shape index (κ2) is 6.02. The first-order valence-corrected chi connectivity index (χ1v) is 5.46. The summed E-state index contributed by atoms with van der Waals surface area (Å²) in [5.74, 6) is 0. The topological polar surface area (TPSA) is 66.8 Å². The first kappa shape index (κ1) is 12.4. The van der Waals surface area contributed by atoms with Gasteiger partial charge in [-0.25, -0.2) is 0 Å². The maximum absolute atomic E-state index is 10.6. The molecule has 0 spiro atoms. The summed E-state index contributed by atoms with van der Waals surface area (Å²) in [4.78, 5) is 11.2. The molecule has 0 bridgehead atoms. The first-order chi connectivity index (χ1) is 7.19. The van der Waals surface area contributed by atoms with Gasteiger partial charge in [0.1, 0.15) is 0 Å². The minimum atomic E-state index is -1.01. The zero-order chi connectivity index (χ0) is 11.3. The Morgan fingerprint density at radius 1 is 1.67 bits per heavy atom. The molecule has 0 radical (unpaired) electrons. The number of hydrogen-bond donors (Lipinski definition) is 2. The number of aryl methyl sites for hydroxylation is 1. The Hall–Kier alpha value is -0.685. The lowest BCUT2D eigenvalue weighted by Gasteiger charge is -2.04. The van der Waals surface area contributed by atoms with E-state index in [2.05, 4.69) is 0 Å². The molecule has 0 saturated heterocycles. The largest absolute Gasteiger partial charge is 0.501 e. The van der Waals surface area contributed by atoms with E-state index in [4.69, 9.17) is 9.76 Å². The zero-order valence-corrected chi connectivity index (χ0v) is 9.29. The van der Waals surface area contributed by atoms with Crippen molar-refractivity contribution in [3.05, 3.63) is 16.5 Å². The van der Waals surface area contributed by atoms with Gasteiger partial charge < -0.3 is 14.8 Å². The van der Waals surface area contributed by atoms with Crippen LogP contribution in [0.4, 0.5) is 0 Å². The quantitative estimate of drug-likeness (QED) is 0.407. The van der Waals surface area contributed by atoms with E-state index in [1.54, 1.807) is 6.07 Å². The van der Waals surface area contributed by atoms with Gasteiger partial charge in [0, 0.05) is 18.0 Å². The molecular formula is C9H13BO4S. The van der Waals surface area contributed by atoms with Gasteiger partial charge in [0.25, 0.3) is 0 Å². The highest BCUT2D eigenvalue weighted by molar-refractivity contribution is 7.23. The standard InChI is InChI=1S/C9H13BO4S/c1-7-5-9(15-8(7)6-12)10(13)14-4-2-3-11/h5-6,11,13H,2-4H2,1H3. The summed E-state index contributed by atoms with van der Waals surface area (Å²) in [7, 11) is -1.01. The van der Waals surface area contributed by atoms with E-state index in [1.165, 1.54) is 11.3 Å². The number of aliphatic hydroxyl groups is 1. The van der Waals surface area contributed by atoms with Gasteiger partial charge in [-0.3, -0.25) is 4.79 Å². The molecule has 1 aromatic rings. The van der Waals surface area contributed by atoms with Crippen LogP contribution in [0.3, 0.4) is 0 Å². The second-order valence-corrected chi connectivity index (χ2v) is 4.23. The van der Waals surface area contributed by atoms with Crippen LogP contribution in [0.1, 0.15) is 21.7 Å².